The molecule has 1 aromatic carbocycles. The first-order valence-corrected chi connectivity index (χ1v) is 7.38. The summed E-state index contributed by atoms with van der Waals surface area (Å²) in [6.45, 7) is 5.48. The van der Waals surface area contributed by atoms with Gasteiger partial charge in [-0.1, -0.05) is 23.7 Å². The molecule has 0 saturated carbocycles. The lowest BCUT2D eigenvalue weighted by Crippen LogP contribution is -2.41. The van der Waals surface area contributed by atoms with Crippen molar-refractivity contribution in [3.8, 4) is 0 Å². The van der Waals surface area contributed by atoms with Gasteiger partial charge in [0.2, 0.25) is 0 Å². The summed E-state index contributed by atoms with van der Waals surface area (Å²) in [5.74, 6) is -0.955. The van der Waals surface area contributed by atoms with Gasteiger partial charge in [0.15, 0.2) is 0 Å². The molecule has 0 aliphatic heterocycles. The first-order valence-electron chi connectivity index (χ1n) is 5.85. The largest absolute Gasteiger partial charge is 0.598 e. The predicted octanol–water partition coefficient (Wildman–Crippen LogP) is 2.91. The van der Waals surface area contributed by atoms with Crippen LogP contribution in [0, 0.1) is 0 Å². The molecule has 0 aromatic heterocycles. The zero-order valence-electron chi connectivity index (χ0n) is 11.1. The molecule has 4 nitrogen and oxygen atoms in total. The van der Waals surface area contributed by atoms with Crippen molar-refractivity contribution >= 4 is 28.9 Å². The quantitative estimate of drug-likeness (QED) is 0.820. The summed E-state index contributed by atoms with van der Waals surface area (Å²) in [5, 5.41) is 9.48. The van der Waals surface area contributed by atoms with Crippen molar-refractivity contribution in [2.24, 2.45) is 0 Å². The Hall–Kier alpha value is -0.750. The number of rotatable bonds is 5. The molecule has 0 heterocycles. The van der Waals surface area contributed by atoms with Crippen molar-refractivity contribution in [1.82, 2.24) is 4.72 Å². The Balaban J connectivity index is 2.92. The highest BCUT2D eigenvalue weighted by atomic mass is 35.5. The van der Waals surface area contributed by atoms with Crippen LogP contribution in [0.4, 0.5) is 0 Å². The number of aliphatic carboxylic acids is 1. The van der Waals surface area contributed by atoms with Crippen molar-refractivity contribution in [2.45, 2.75) is 38.0 Å². The third-order valence-corrected chi connectivity index (χ3v) is 4.28. The van der Waals surface area contributed by atoms with Crippen LogP contribution in [0.5, 0.6) is 0 Å². The normalized spacial score (nSPS) is 15.0. The van der Waals surface area contributed by atoms with Gasteiger partial charge in [0.1, 0.15) is 4.75 Å². The summed E-state index contributed by atoms with van der Waals surface area (Å²) in [6.07, 6.45) is -0.151. The van der Waals surface area contributed by atoms with Gasteiger partial charge in [0.25, 0.3) is 0 Å². The number of hydrogen-bond acceptors (Lipinski definition) is 3. The van der Waals surface area contributed by atoms with E-state index in [-0.39, 0.29) is 6.42 Å². The fraction of sp³-hybridized carbons (Fsp3) is 0.462. The molecule has 0 spiro atoms. The summed E-state index contributed by atoms with van der Waals surface area (Å²) in [4.78, 5) is 10.9. The maximum Gasteiger partial charge on any atom is 0.305 e. The van der Waals surface area contributed by atoms with Crippen molar-refractivity contribution in [2.75, 3.05) is 0 Å². The molecule has 106 valence electrons. The van der Waals surface area contributed by atoms with E-state index < -0.39 is 28.1 Å². The third-order valence-electron chi connectivity index (χ3n) is 2.44. The highest BCUT2D eigenvalue weighted by Crippen LogP contribution is 2.24. The molecule has 19 heavy (non-hydrogen) atoms. The summed E-state index contributed by atoms with van der Waals surface area (Å²) in [6, 6.07) is 6.38. The van der Waals surface area contributed by atoms with Gasteiger partial charge in [-0.3, -0.25) is 4.79 Å². The van der Waals surface area contributed by atoms with Crippen molar-refractivity contribution < 1.29 is 14.5 Å². The zero-order valence-corrected chi connectivity index (χ0v) is 12.7. The summed E-state index contributed by atoms with van der Waals surface area (Å²) >= 11 is 4.55. The molecule has 1 rings (SSSR count). The fourth-order valence-corrected chi connectivity index (χ4v) is 2.46. The molecule has 2 atom stereocenters. The van der Waals surface area contributed by atoms with Gasteiger partial charge in [-0.15, -0.1) is 4.72 Å². The highest BCUT2D eigenvalue weighted by molar-refractivity contribution is 7.90. The van der Waals surface area contributed by atoms with Crippen molar-refractivity contribution in [3.05, 3.63) is 34.9 Å². The number of carboxylic acid groups (broad SMARTS) is 1. The van der Waals surface area contributed by atoms with Crippen LogP contribution in [-0.2, 0) is 16.2 Å². The van der Waals surface area contributed by atoms with Crippen molar-refractivity contribution in [1.29, 1.82) is 0 Å². The van der Waals surface area contributed by atoms with E-state index in [0.717, 1.165) is 0 Å². The molecule has 6 heteroatoms. The Labute approximate surface area is 121 Å². The molecule has 0 unspecified atom stereocenters. The van der Waals surface area contributed by atoms with Crippen LogP contribution in [0.25, 0.3) is 0 Å². The molecule has 0 amide bonds. The van der Waals surface area contributed by atoms with Gasteiger partial charge in [-0.05, 0) is 38.5 Å². The van der Waals surface area contributed by atoms with Crippen LogP contribution < -0.4 is 4.72 Å². The predicted molar refractivity (Wildman–Crippen MR) is 77.5 cm³/mol. The lowest BCUT2D eigenvalue weighted by atomic mass is 10.1. The molecule has 2 N–H and O–H groups in total. The van der Waals surface area contributed by atoms with Gasteiger partial charge in [-0.2, -0.15) is 0 Å². The van der Waals surface area contributed by atoms with Crippen LogP contribution in [0.15, 0.2) is 24.3 Å². The smallest absolute Gasteiger partial charge is 0.305 e. The molecule has 0 fully saturated rings. The maximum absolute atomic E-state index is 12.1. The van der Waals surface area contributed by atoms with E-state index >= 15 is 0 Å². The first-order chi connectivity index (χ1) is 8.70. The van der Waals surface area contributed by atoms with Gasteiger partial charge in [0, 0.05) is 16.4 Å². The average Bonchev–Trinajstić information content (AvgIpc) is 2.26. The number of nitrogens with one attached hydrogen (secondary N) is 1. The molecular weight excluding hydrogens is 286 g/mol. The van der Waals surface area contributed by atoms with E-state index in [2.05, 4.69) is 4.72 Å². The minimum Gasteiger partial charge on any atom is -0.598 e. The first kappa shape index (κ1) is 16.3. The highest BCUT2D eigenvalue weighted by Gasteiger charge is 2.30. The Bertz CT molecular complexity index is 448. The molecule has 0 radical (unpaired) electrons. The molecule has 1 aromatic rings. The van der Waals surface area contributed by atoms with Crippen molar-refractivity contribution in [3.63, 3.8) is 0 Å². The second kappa shape index (κ2) is 6.61. The summed E-state index contributed by atoms with van der Waals surface area (Å²) < 4.78 is 14.5. The molecule has 0 aliphatic rings. The van der Waals surface area contributed by atoms with E-state index in [1.54, 1.807) is 24.3 Å². The second-order valence-electron chi connectivity index (χ2n) is 5.20. The van der Waals surface area contributed by atoms with Crippen LogP contribution in [0.1, 0.15) is 38.8 Å². The summed E-state index contributed by atoms with van der Waals surface area (Å²) in [7, 11) is 0. The SMILES string of the molecule is CC(C)(C)[S@+]([O-])N[C@H](CC(=O)O)c1cccc(Cl)c1. The fourth-order valence-electron chi connectivity index (χ4n) is 1.43. The lowest BCUT2D eigenvalue weighted by Gasteiger charge is -2.27. The number of benzene rings is 1. The van der Waals surface area contributed by atoms with E-state index in [1.807, 2.05) is 20.8 Å². The topological polar surface area (TPSA) is 72.4 Å². The van der Waals surface area contributed by atoms with Gasteiger partial charge in [-0.25, -0.2) is 0 Å². The lowest BCUT2D eigenvalue weighted by molar-refractivity contribution is -0.137. The standard InChI is InChI=1S/C13H18ClNO3S/c1-13(2,3)19(18)15-11(8-12(16)17)9-5-4-6-10(14)7-9/h4-7,11,15H,8H2,1-3H3,(H,16,17)/t11-,19+/m1/s1. The van der Waals surface area contributed by atoms with Gasteiger partial charge < -0.3 is 9.66 Å². The summed E-state index contributed by atoms with van der Waals surface area (Å²) in [5.41, 5.74) is 0.715. The van der Waals surface area contributed by atoms with E-state index in [4.69, 9.17) is 16.7 Å². The number of carbonyl (C=O) groups is 1. The average molecular weight is 304 g/mol. The van der Waals surface area contributed by atoms with Crippen LogP contribution in [0.2, 0.25) is 5.02 Å². The molecular formula is C13H18ClNO3S. The van der Waals surface area contributed by atoms with E-state index in [1.165, 1.54) is 0 Å². The van der Waals surface area contributed by atoms with E-state index in [0.29, 0.717) is 10.6 Å². The number of halogens is 1. The minimum atomic E-state index is -1.35. The van der Waals surface area contributed by atoms with Crippen LogP contribution >= 0.6 is 11.6 Å². The Morgan fingerprint density at radius 3 is 2.63 bits per heavy atom. The Kier molecular flexibility index (Phi) is 5.67. The monoisotopic (exact) mass is 303 g/mol. The van der Waals surface area contributed by atoms with Gasteiger partial charge in [0.05, 0.1) is 12.5 Å². The molecule has 0 saturated heterocycles. The number of carboxylic acids is 1. The Morgan fingerprint density at radius 2 is 2.16 bits per heavy atom. The minimum absolute atomic E-state index is 0.151. The van der Waals surface area contributed by atoms with Crippen LogP contribution in [-0.4, -0.2) is 20.4 Å². The number of hydrogen-bond donors (Lipinski definition) is 2. The molecule has 0 bridgehead atoms. The van der Waals surface area contributed by atoms with Crippen LogP contribution in [0.3, 0.4) is 0 Å². The molecule has 0 aliphatic carbocycles. The van der Waals surface area contributed by atoms with E-state index in [9.17, 15) is 9.35 Å². The maximum atomic E-state index is 12.1. The van der Waals surface area contributed by atoms with Gasteiger partial charge >= 0.3 is 5.97 Å². The Morgan fingerprint density at radius 1 is 1.53 bits per heavy atom. The second-order valence-corrected chi connectivity index (χ2v) is 7.64. The zero-order chi connectivity index (χ0) is 14.6. The third kappa shape index (κ3) is 5.40.